The highest BCUT2D eigenvalue weighted by Crippen LogP contribution is 2.31. The molecule has 3 aromatic rings. The molecule has 0 atom stereocenters. The fourth-order valence-corrected chi connectivity index (χ4v) is 4.57. The molecule has 4 nitrogen and oxygen atoms in total. The van der Waals surface area contributed by atoms with Gasteiger partial charge < -0.3 is 0 Å². The first-order valence-corrected chi connectivity index (χ1v) is 9.40. The number of aryl methyl sites for hydroxylation is 2. The third kappa shape index (κ3) is 2.31. The Labute approximate surface area is 146 Å². The summed E-state index contributed by atoms with van der Waals surface area (Å²) in [5, 5.41) is 4.89. The molecule has 2 aromatic heterocycles. The van der Waals surface area contributed by atoms with Crippen LogP contribution in [0.25, 0.3) is 16.9 Å². The van der Waals surface area contributed by atoms with Crippen LogP contribution in [0.3, 0.4) is 0 Å². The lowest BCUT2D eigenvalue weighted by molar-refractivity contribution is -0.591. The van der Waals surface area contributed by atoms with Gasteiger partial charge in [0.15, 0.2) is 0 Å². The van der Waals surface area contributed by atoms with Crippen molar-refractivity contribution in [1.29, 1.82) is 0 Å². The second-order valence-electron chi connectivity index (χ2n) is 7.23. The normalized spacial score (nSPS) is 16.5. The van der Waals surface area contributed by atoms with Gasteiger partial charge in [0.1, 0.15) is 0 Å². The van der Waals surface area contributed by atoms with E-state index in [9.17, 15) is 4.79 Å². The van der Waals surface area contributed by atoms with Crippen LogP contribution in [0, 0.1) is 0 Å². The zero-order valence-corrected chi connectivity index (χ0v) is 14.3. The smallest absolute Gasteiger partial charge is 0.296 e. The first kappa shape index (κ1) is 14.8. The molecule has 2 aliphatic rings. The van der Waals surface area contributed by atoms with E-state index in [4.69, 9.17) is 5.10 Å². The number of hydrogen-bond donors (Lipinski definition) is 1. The van der Waals surface area contributed by atoms with E-state index in [0.29, 0.717) is 5.82 Å². The Balaban J connectivity index is 1.87. The third-order valence-electron chi connectivity index (χ3n) is 5.72. The quantitative estimate of drug-likeness (QED) is 0.697. The largest absolute Gasteiger partial charge is 0.325 e. The van der Waals surface area contributed by atoms with Crippen LogP contribution >= 0.6 is 0 Å². The summed E-state index contributed by atoms with van der Waals surface area (Å²) in [6.07, 6.45) is 9.12. The van der Waals surface area contributed by atoms with Crippen LogP contribution in [0.5, 0.6) is 0 Å². The molecule has 0 radical (unpaired) electrons. The van der Waals surface area contributed by atoms with E-state index in [1.807, 2.05) is 34.8 Å². The summed E-state index contributed by atoms with van der Waals surface area (Å²) in [7, 11) is 0. The molecule has 4 heteroatoms. The molecule has 5 rings (SSSR count). The van der Waals surface area contributed by atoms with Gasteiger partial charge in [0.05, 0.1) is 0 Å². The molecule has 2 aliphatic carbocycles. The number of nitrogens with one attached hydrogen (secondary N) is 1. The van der Waals surface area contributed by atoms with Crippen molar-refractivity contribution in [2.24, 2.45) is 0 Å². The minimum Gasteiger partial charge on any atom is -0.296 e. The Hall–Kier alpha value is -2.49. The van der Waals surface area contributed by atoms with Crippen LogP contribution < -0.4 is 10.1 Å². The Morgan fingerprint density at radius 2 is 1.52 bits per heavy atom. The molecule has 0 unspecified atom stereocenters. The zero-order valence-electron chi connectivity index (χ0n) is 14.3. The second-order valence-corrected chi connectivity index (χ2v) is 7.23. The molecule has 126 valence electrons. The van der Waals surface area contributed by atoms with Crippen LogP contribution in [0.4, 0.5) is 0 Å². The van der Waals surface area contributed by atoms with Gasteiger partial charge in [-0.2, -0.15) is 0 Å². The van der Waals surface area contributed by atoms with Gasteiger partial charge in [-0.15, -0.1) is 0 Å². The van der Waals surface area contributed by atoms with Crippen molar-refractivity contribution in [1.82, 2.24) is 10.1 Å². The van der Waals surface area contributed by atoms with E-state index >= 15 is 0 Å². The van der Waals surface area contributed by atoms with Crippen molar-refractivity contribution >= 4 is 5.52 Å². The molecule has 0 spiro atoms. The average molecular weight is 332 g/mol. The number of fused-ring (bicyclic) bond motifs is 6. The maximum atomic E-state index is 13.0. The van der Waals surface area contributed by atoms with Gasteiger partial charge in [-0.05, 0) is 55.0 Å². The highest BCUT2D eigenvalue weighted by molar-refractivity contribution is 5.58. The van der Waals surface area contributed by atoms with E-state index in [-0.39, 0.29) is 5.56 Å². The fraction of sp³-hybridized carbons (Fsp3) is 0.381. The number of hydrogen-bond acceptors (Lipinski definition) is 2. The predicted octanol–water partition coefficient (Wildman–Crippen LogP) is 2.93. The summed E-state index contributed by atoms with van der Waals surface area (Å²) in [5.74, 6) is 0.659. The van der Waals surface area contributed by atoms with Crippen LogP contribution in [0.1, 0.15) is 48.1 Å². The molecule has 0 bridgehead atoms. The first-order valence-electron chi connectivity index (χ1n) is 9.40. The Morgan fingerprint density at radius 1 is 0.840 bits per heavy atom. The summed E-state index contributed by atoms with van der Waals surface area (Å²) >= 11 is 0. The van der Waals surface area contributed by atoms with Crippen molar-refractivity contribution in [3.05, 3.63) is 63.1 Å². The number of nitrogens with zero attached hydrogens (tertiary/aromatic N) is 2. The number of aromatic amines is 1. The van der Waals surface area contributed by atoms with Gasteiger partial charge in [-0.3, -0.25) is 9.78 Å². The summed E-state index contributed by atoms with van der Waals surface area (Å²) in [5.41, 5.74) is 7.20. The average Bonchev–Trinajstić information content (AvgIpc) is 2.68. The monoisotopic (exact) mass is 332 g/mol. The fourth-order valence-electron chi connectivity index (χ4n) is 4.57. The van der Waals surface area contributed by atoms with E-state index in [2.05, 4.69) is 4.98 Å². The van der Waals surface area contributed by atoms with Gasteiger partial charge in [0.2, 0.25) is 11.5 Å². The highest BCUT2D eigenvalue weighted by Gasteiger charge is 2.32. The van der Waals surface area contributed by atoms with Crippen LogP contribution in [-0.2, 0) is 25.7 Å². The molecule has 0 saturated carbocycles. The minimum absolute atomic E-state index is 0.000349. The summed E-state index contributed by atoms with van der Waals surface area (Å²) in [6, 6.07) is 9.93. The number of H-pyrrole nitrogens is 1. The van der Waals surface area contributed by atoms with Crippen molar-refractivity contribution in [2.75, 3.05) is 0 Å². The molecule has 1 N–H and O–H groups in total. The van der Waals surface area contributed by atoms with Crippen molar-refractivity contribution < 1.29 is 4.52 Å². The highest BCUT2D eigenvalue weighted by atomic mass is 16.1. The van der Waals surface area contributed by atoms with E-state index in [1.165, 1.54) is 48.1 Å². The molecule has 0 fully saturated rings. The molecule has 0 amide bonds. The lowest BCUT2D eigenvalue weighted by Crippen LogP contribution is -2.43. The van der Waals surface area contributed by atoms with Crippen molar-refractivity contribution in [3.8, 4) is 11.4 Å². The van der Waals surface area contributed by atoms with E-state index in [1.54, 1.807) is 0 Å². The van der Waals surface area contributed by atoms with Gasteiger partial charge in [0, 0.05) is 28.2 Å². The van der Waals surface area contributed by atoms with Gasteiger partial charge in [-0.25, -0.2) is 0 Å². The predicted molar refractivity (Wildman–Crippen MR) is 96.7 cm³/mol. The molecular formula is C21H22N3O+. The van der Waals surface area contributed by atoms with Crippen LogP contribution in [0.15, 0.2) is 35.1 Å². The van der Waals surface area contributed by atoms with Crippen molar-refractivity contribution in [3.63, 3.8) is 0 Å². The minimum atomic E-state index is 0.000349. The van der Waals surface area contributed by atoms with Gasteiger partial charge in [-0.1, -0.05) is 30.3 Å². The van der Waals surface area contributed by atoms with Gasteiger partial charge >= 0.3 is 11.1 Å². The Kier molecular flexibility index (Phi) is 3.44. The van der Waals surface area contributed by atoms with Crippen LogP contribution in [-0.4, -0.2) is 10.1 Å². The molecule has 25 heavy (non-hydrogen) atoms. The zero-order chi connectivity index (χ0) is 16.8. The Morgan fingerprint density at radius 3 is 2.32 bits per heavy atom. The Bertz CT molecular complexity index is 1020. The van der Waals surface area contributed by atoms with Crippen molar-refractivity contribution in [2.45, 2.75) is 51.4 Å². The van der Waals surface area contributed by atoms with E-state index < -0.39 is 0 Å². The molecular weight excluding hydrogens is 310 g/mol. The second kappa shape index (κ2) is 5.80. The third-order valence-corrected chi connectivity index (χ3v) is 5.72. The SMILES string of the molecule is O=c1[nH]c(-c2ccccc2)n[n+]2c3c(c4c(c12)CCCC4)CCCC3. The number of aromatic nitrogens is 3. The summed E-state index contributed by atoms with van der Waals surface area (Å²) in [4.78, 5) is 16.1. The number of rotatable bonds is 1. The summed E-state index contributed by atoms with van der Waals surface area (Å²) in [6.45, 7) is 0. The molecule has 0 aliphatic heterocycles. The van der Waals surface area contributed by atoms with Crippen LogP contribution in [0.2, 0.25) is 0 Å². The summed E-state index contributed by atoms with van der Waals surface area (Å²) < 4.78 is 1.99. The maximum absolute atomic E-state index is 13.0. The lowest BCUT2D eigenvalue weighted by Gasteiger charge is -2.22. The molecule has 0 saturated heterocycles. The molecule has 2 heterocycles. The first-order chi connectivity index (χ1) is 12.3. The van der Waals surface area contributed by atoms with Gasteiger partial charge in [0.25, 0.3) is 0 Å². The lowest BCUT2D eigenvalue weighted by atomic mass is 9.83. The molecule has 1 aromatic carbocycles. The maximum Gasteiger partial charge on any atom is 0.325 e. The van der Waals surface area contributed by atoms with E-state index in [0.717, 1.165) is 36.8 Å². The topological polar surface area (TPSA) is 49.9 Å². The number of benzene rings is 1. The number of pyridine rings is 1. The standard InChI is InChI=1S/C21H21N3O/c25-21-19-17-12-5-4-10-15(17)16-11-6-7-13-18(16)24(19)23-20(22-21)14-8-2-1-3-9-14/h1-3,8-9H,4-7,10-13H2/p+1.